The van der Waals surface area contributed by atoms with Crippen LogP contribution in [-0.2, 0) is 19.6 Å². The van der Waals surface area contributed by atoms with Crippen LogP contribution in [0, 0.1) is 13.8 Å². The van der Waals surface area contributed by atoms with Gasteiger partial charge in [0.1, 0.15) is 0 Å². The monoisotopic (exact) mass is 232 g/mol. The number of nitrogens with one attached hydrogen (secondary N) is 2. The first-order valence-corrected chi connectivity index (χ1v) is 6.06. The lowest BCUT2D eigenvalue weighted by Crippen LogP contribution is -2.13. The maximum Gasteiger partial charge on any atom is 0.0922 e. The number of aromatic nitrogens is 3. The summed E-state index contributed by atoms with van der Waals surface area (Å²) in [4.78, 5) is 7.08. The predicted molar refractivity (Wildman–Crippen MR) is 68.7 cm³/mol. The van der Waals surface area contributed by atoms with Crippen LogP contribution in [0.3, 0.4) is 0 Å². The van der Waals surface area contributed by atoms with Crippen LogP contribution in [0.1, 0.15) is 29.6 Å². The number of imidazole rings is 1. The van der Waals surface area contributed by atoms with Gasteiger partial charge in [-0.2, -0.15) is 0 Å². The molecule has 2 N–H and O–H groups in total. The summed E-state index contributed by atoms with van der Waals surface area (Å²) in [7, 11) is 0. The highest BCUT2D eigenvalue weighted by Crippen LogP contribution is 2.14. The lowest BCUT2D eigenvalue weighted by molar-refractivity contribution is 0.668. The van der Waals surface area contributed by atoms with E-state index in [1.807, 2.05) is 6.20 Å². The fraction of sp³-hybridized carbons (Fsp3) is 0.462. The molecule has 92 valence electrons. The number of aryl methyl sites for hydroxylation is 1. The van der Waals surface area contributed by atoms with Crippen LogP contribution < -0.4 is 5.32 Å². The summed E-state index contributed by atoms with van der Waals surface area (Å²) >= 11 is 0. The summed E-state index contributed by atoms with van der Waals surface area (Å²) in [6.45, 7) is 9.30. The second-order valence-electron chi connectivity index (χ2n) is 4.32. The van der Waals surface area contributed by atoms with Gasteiger partial charge in [0, 0.05) is 42.9 Å². The summed E-state index contributed by atoms with van der Waals surface area (Å²) in [5.74, 6) is 0. The topological polar surface area (TPSA) is 45.6 Å². The van der Waals surface area contributed by atoms with E-state index < -0.39 is 0 Å². The van der Waals surface area contributed by atoms with Crippen molar-refractivity contribution in [3.63, 3.8) is 0 Å². The van der Waals surface area contributed by atoms with E-state index in [1.54, 1.807) is 6.33 Å². The van der Waals surface area contributed by atoms with Gasteiger partial charge < -0.3 is 14.9 Å². The van der Waals surface area contributed by atoms with Crippen molar-refractivity contribution in [2.45, 2.75) is 40.4 Å². The van der Waals surface area contributed by atoms with Gasteiger partial charge in [-0.15, -0.1) is 0 Å². The Morgan fingerprint density at radius 1 is 1.35 bits per heavy atom. The Labute approximate surface area is 102 Å². The molecule has 4 nitrogen and oxygen atoms in total. The van der Waals surface area contributed by atoms with E-state index in [0.717, 1.165) is 25.3 Å². The number of H-pyrrole nitrogens is 1. The van der Waals surface area contributed by atoms with Gasteiger partial charge in [-0.05, 0) is 32.4 Å². The van der Waals surface area contributed by atoms with Crippen molar-refractivity contribution in [3.8, 4) is 0 Å². The Kier molecular flexibility index (Phi) is 3.64. The normalized spacial score (nSPS) is 11.0. The summed E-state index contributed by atoms with van der Waals surface area (Å²) in [6, 6.07) is 2.26. The van der Waals surface area contributed by atoms with E-state index in [1.165, 1.54) is 17.0 Å². The van der Waals surface area contributed by atoms with Crippen LogP contribution in [0.15, 0.2) is 18.6 Å². The van der Waals surface area contributed by atoms with E-state index in [2.05, 4.69) is 46.7 Å². The van der Waals surface area contributed by atoms with E-state index in [-0.39, 0.29) is 0 Å². The average Bonchev–Trinajstić information content (AvgIpc) is 2.89. The Hall–Kier alpha value is -1.55. The molecule has 4 heteroatoms. The summed E-state index contributed by atoms with van der Waals surface area (Å²) in [5.41, 5.74) is 5.20. The molecule has 0 amide bonds. The molecule has 0 atom stereocenters. The van der Waals surface area contributed by atoms with Crippen LogP contribution >= 0.6 is 0 Å². The van der Waals surface area contributed by atoms with Crippen molar-refractivity contribution in [1.82, 2.24) is 19.9 Å². The Morgan fingerprint density at radius 3 is 2.76 bits per heavy atom. The molecule has 2 rings (SSSR count). The molecule has 0 radical (unpaired) electrons. The molecular weight excluding hydrogens is 212 g/mol. The smallest absolute Gasteiger partial charge is 0.0922 e. The molecule has 2 heterocycles. The van der Waals surface area contributed by atoms with Crippen LogP contribution in [0.5, 0.6) is 0 Å². The number of aromatic amines is 1. The number of nitrogens with zero attached hydrogens (tertiary/aromatic N) is 2. The molecule has 0 aromatic carbocycles. The molecule has 0 aliphatic rings. The van der Waals surface area contributed by atoms with Gasteiger partial charge in [-0.3, -0.25) is 0 Å². The summed E-state index contributed by atoms with van der Waals surface area (Å²) in [6.07, 6.45) is 3.56. The molecule has 0 saturated heterocycles. The minimum absolute atomic E-state index is 0.829. The Bertz CT molecular complexity index is 468. The quantitative estimate of drug-likeness (QED) is 0.829. The van der Waals surface area contributed by atoms with Crippen molar-refractivity contribution >= 4 is 0 Å². The van der Waals surface area contributed by atoms with E-state index in [0.29, 0.717) is 0 Å². The van der Waals surface area contributed by atoms with Crippen molar-refractivity contribution in [1.29, 1.82) is 0 Å². The molecule has 0 saturated carbocycles. The maximum atomic E-state index is 4.00. The van der Waals surface area contributed by atoms with Crippen molar-refractivity contribution in [3.05, 3.63) is 41.2 Å². The number of hydrogen-bond acceptors (Lipinski definition) is 2. The van der Waals surface area contributed by atoms with Gasteiger partial charge in [0.05, 0.1) is 6.33 Å². The molecule has 0 spiro atoms. The van der Waals surface area contributed by atoms with Crippen LogP contribution in [0.2, 0.25) is 0 Å². The van der Waals surface area contributed by atoms with Crippen molar-refractivity contribution in [2.75, 3.05) is 0 Å². The molecule has 17 heavy (non-hydrogen) atoms. The third kappa shape index (κ3) is 2.58. The number of hydrogen-bond donors (Lipinski definition) is 2. The van der Waals surface area contributed by atoms with Crippen LogP contribution in [-0.4, -0.2) is 14.5 Å². The molecule has 0 bridgehead atoms. The van der Waals surface area contributed by atoms with E-state index in [4.69, 9.17) is 0 Å². The van der Waals surface area contributed by atoms with Crippen LogP contribution in [0.4, 0.5) is 0 Å². The highest BCUT2D eigenvalue weighted by molar-refractivity contribution is 5.26. The fourth-order valence-electron chi connectivity index (χ4n) is 2.25. The number of rotatable bonds is 5. The van der Waals surface area contributed by atoms with Gasteiger partial charge in [0.2, 0.25) is 0 Å². The van der Waals surface area contributed by atoms with Crippen molar-refractivity contribution < 1.29 is 0 Å². The standard InChI is InChI=1S/C13H20N4/c1-4-17-10(2)5-12(11(17)3)6-14-7-13-8-15-9-16-13/h5,8-9,14H,4,6-7H2,1-3H3,(H,15,16). The summed E-state index contributed by atoms with van der Waals surface area (Å²) < 4.78 is 2.34. The third-order valence-corrected chi connectivity index (χ3v) is 3.18. The highest BCUT2D eigenvalue weighted by atomic mass is 15.0. The Balaban J connectivity index is 1.95. The first-order chi connectivity index (χ1) is 8.22. The zero-order valence-electron chi connectivity index (χ0n) is 10.7. The van der Waals surface area contributed by atoms with Crippen LogP contribution in [0.25, 0.3) is 0 Å². The second kappa shape index (κ2) is 5.19. The van der Waals surface area contributed by atoms with Gasteiger partial charge in [-0.25, -0.2) is 4.98 Å². The molecule has 0 aliphatic heterocycles. The van der Waals surface area contributed by atoms with Gasteiger partial charge in [-0.1, -0.05) is 0 Å². The maximum absolute atomic E-state index is 4.00. The molecule has 0 fully saturated rings. The molecule has 0 aliphatic carbocycles. The Morgan fingerprint density at radius 2 is 2.18 bits per heavy atom. The zero-order valence-corrected chi connectivity index (χ0v) is 10.7. The third-order valence-electron chi connectivity index (χ3n) is 3.18. The first-order valence-electron chi connectivity index (χ1n) is 6.06. The van der Waals surface area contributed by atoms with Crippen molar-refractivity contribution in [2.24, 2.45) is 0 Å². The lowest BCUT2D eigenvalue weighted by atomic mass is 10.2. The lowest BCUT2D eigenvalue weighted by Gasteiger charge is -2.06. The molecule has 0 unspecified atom stereocenters. The highest BCUT2D eigenvalue weighted by Gasteiger charge is 2.06. The van der Waals surface area contributed by atoms with E-state index >= 15 is 0 Å². The predicted octanol–water partition coefficient (Wildman–Crippen LogP) is 2.14. The first kappa shape index (κ1) is 11.9. The largest absolute Gasteiger partial charge is 0.349 e. The minimum atomic E-state index is 0.829. The zero-order chi connectivity index (χ0) is 12.3. The molecular formula is C13H20N4. The van der Waals surface area contributed by atoms with Gasteiger partial charge in [0.15, 0.2) is 0 Å². The van der Waals surface area contributed by atoms with Gasteiger partial charge in [0.25, 0.3) is 0 Å². The second-order valence-corrected chi connectivity index (χ2v) is 4.32. The SMILES string of the molecule is CCn1c(C)cc(CNCc2cnc[nH]2)c1C. The summed E-state index contributed by atoms with van der Waals surface area (Å²) in [5, 5.41) is 3.42. The molecule has 2 aromatic heterocycles. The molecule has 2 aromatic rings. The van der Waals surface area contributed by atoms with E-state index in [9.17, 15) is 0 Å². The van der Waals surface area contributed by atoms with Gasteiger partial charge >= 0.3 is 0 Å². The fourth-order valence-corrected chi connectivity index (χ4v) is 2.25. The average molecular weight is 232 g/mol. The minimum Gasteiger partial charge on any atom is -0.349 e.